The van der Waals surface area contributed by atoms with Crippen LogP contribution in [0.25, 0.3) is 0 Å². The second kappa shape index (κ2) is 25.3. The van der Waals surface area contributed by atoms with Gasteiger partial charge in [0.2, 0.25) is 0 Å². The topological polar surface area (TPSA) is 246 Å². The van der Waals surface area contributed by atoms with E-state index in [-0.39, 0.29) is 18.9 Å². The zero-order chi connectivity index (χ0) is 14.3. The van der Waals surface area contributed by atoms with Crippen molar-refractivity contribution in [2.24, 2.45) is 0 Å². The van der Waals surface area contributed by atoms with E-state index in [1.807, 2.05) is 0 Å². The molecule has 0 radical (unpaired) electrons. The van der Waals surface area contributed by atoms with Crippen molar-refractivity contribution in [2.75, 3.05) is 0 Å². The van der Waals surface area contributed by atoms with Crippen molar-refractivity contribution in [3.63, 3.8) is 0 Å². The summed E-state index contributed by atoms with van der Waals surface area (Å²) >= 11 is 0. The first kappa shape index (κ1) is 30.4. The second-order valence-electron chi connectivity index (χ2n) is 1.37. The molecule has 11 N–H and O–H groups in total. The van der Waals surface area contributed by atoms with Gasteiger partial charge in [0.15, 0.2) is 0 Å². The summed E-state index contributed by atoms with van der Waals surface area (Å²) in [5.41, 5.74) is 0. The smallest absolute Gasteiger partial charge is 0.832 e. The van der Waals surface area contributed by atoms with Crippen LogP contribution >= 0.6 is 0 Å². The van der Waals surface area contributed by atoms with E-state index in [1.54, 1.807) is 0 Å². The maximum absolute atomic E-state index is 8.64. The third kappa shape index (κ3) is 23800. The van der Waals surface area contributed by atoms with E-state index in [0.717, 1.165) is 0 Å². The minimum absolute atomic E-state index is 0. The van der Waals surface area contributed by atoms with Gasteiger partial charge in [-0.05, 0) is 0 Å². The van der Waals surface area contributed by atoms with E-state index in [0.29, 0.717) is 0 Å². The van der Waals surface area contributed by atoms with E-state index in [9.17, 15) is 0 Å². The van der Waals surface area contributed by atoms with Crippen molar-refractivity contribution >= 4 is 29.3 Å². The normalized spacial score (nSPS) is 6.35. The molecule has 17 heavy (non-hydrogen) atoms. The van der Waals surface area contributed by atoms with Crippen LogP contribution in [0.2, 0.25) is 0 Å². The van der Waals surface area contributed by atoms with Gasteiger partial charge in [-0.1, -0.05) is 0 Å². The molecule has 0 aliphatic rings. The van der Waals surface area contributed by atoms with Crippen molar-refractivity contribution in [3.8, 4) is 0 Å². The molecule has 0 aliphatic carbocycles. The SMILES string of the molecule is OB(O)O.OB(O)O.OB(O)O.[Li+].[O-]B(O)O. The van der Waals surface area contributed by atoms with Gasteiger partial charge in [-0.3, -0.25) is 0 Å². The maximum Gasteiger partial charge on any atom is 1.00 e. The molecule has 0 spiro atoms. The molecule has 0 amide bonds. The summed E-state index contributed by atoms with van der Waals surface area (Å²) in [5.74, 6) is 0. The Bertz CT molecular complexity index is 61.5. The van der Waals surface area contributed by atoms with Crippen molar-refractivity contribution < 1.29 is 79.1 Å². The third-order valence-electron chi connectivity index (χ3n) is 0. The monoisotopic (exact) mass is 254 g/mol. The molecule has 0 bridgehead atoms. The summed E-state index contributed by atoms with van der Waals surface area (Å²) in [5, 5.41) is 87.2. The molecule has 0 saturated heterocycles. The first-order valence-electron chi connectivity index (χ1n) is 3.08. The van der Waals surface area contributed by atoms with Gasteiger partial charge in [0.25, 0.3) is 0 Å². The molecule has 0 aromatic heterocycles. The molecule has 12 nitrogen and oxygen atoms in total. The molecule has 0 aromatic carbocycles. The third-order valence-corrected chi connectivity index (χ3v) is 0. The van der Waals surface area contributed by atoms with Crippen LogP contribution in [0.3, 0.4) is 0 Å². The van der Waals surface area contributed by atoms with Gasteiger partial charge in [-0.15, -0.1) is 0 Å². The first-order chi connectivity index (χ1) is 6.93. The number of rotatable bonds is 0. The van der Waals surface area contributed by atoms with Crippen LogP contribution in [-0.4, -0.2) is 84.5 Å². The van der Waals surface area contributed by atoms with Gasteiger partial charge in [-0.25, -0.2) is 0 Å². The summed E-state index contributed by atoms with van der Waals surface area (Å²) in [6.07, 6.45) is 0. The standard InChI is InChI=1S/3BH3O3.BH2O3.Li/c4*2-1(3)4;/h3*2-4H;2-3H;/q;;;-1;+1. The Balaban J connectivity index is -0.0000000369. The minimum Gasteiger partial charge on any atom is -0.832 e. The Labute approximate surface area is 109 Å². The number of hydrogen-bond donors (Lipinski definition) is 11. The Morgan fingerprint density at radius 3 is 0.471 bits per heavy atom. The maximum atomic E-state index is 8.64. The summed E-state index contributed by atoms with van der Waals surface area (Å²) in [4.78, 5) is 0. The zero-order valence-corrected chi connectivity index (χ0v) is 8.64. The Morgan fingerprint density at radius 1 is 0.471 bits per heavy atom. The van der Waals surface area contributed by atoms with Gasteiger partial charge in [0, 0.05) is 0 Å². The summed E-state index contributed by atoms with van der Waals surface area (Å²) in [6, 6.07) is 0. The molecule has 0 saturated carbocycles. The summed E-state index contributed by atoms with van der Waals surface area (Å²) in [7, 11) is -8.92. The fourth-order valence-corrected chi connectivity index (χ4v) is 0. The molecular weight excluding hydrogens is 242 g/mol. The fourth-order valence-electron chi connectivity index (χ4n) is 0. The van der Waals surface area contributed by atoms with E-state index >= 15 is 0 Å². The van der Waals surface area contributed by atoms with Gasteiger partial charge >= 0.3 is 48.1 Å². The molecule has 0 heterocycles. The number of hydrogen-bond acceptors (Lipinski definition) is 12. The quantitative estimate of drug-likeness (QED) is 0.180. The van der Waals surface area contributed by atoms with Crippen molar-refractivity contribution in [1.82, 2.24) is 0 Å². The molecule has 0 fully saturated rings. The molecular formula is H11B4LiO12. The average molecular weight is 253 g/mol. The van der Waals surface area contributed by atoms with E-state index in [1.165, 1.54) is 0 Å². The fraction of sp³-hybridized carbons (Fsp3) is 0. The molecule has 0 aliphatic heterocycles. The van der Waals surface area contributed by atoms with Gasteiger partial charge < -0.3 is 60.3 Å². The van der Waals surface area contributed by atoms with Gasteiger partial charge in [0.1, 0.15) is 0 Å². The molecule has 17 heteroatoms. The van der Waals surface area contributed by atoms with Crippen LogP contribution < -0.4 is 23.9 Å². The van der Waals surface area contributed by atoms with Crippen LogP contribution in [0, 0.1) is 0 Å². The van der Waals surface area contributed by atoms with Crippen LogP contribution in [-0.2, 0) is 0 Å². The van der Waals surface area contributed by atoms with E-state index in [2.05, 4.69) is 0 Å². The minimum atomic E-state index is -2.42. The molecule has 0 atom stereocenters. The van der Waals surface area contributed by atoms with Crippen LogP contribution in [0.1, 0.15) is 0 Å². The van der Waals surface area contributed by atoms with Gasteiger partial charge in [-0.2, -0.15) is 0 Å². The summed E-state index contributed by atoms with van der Waals surface area (Å²) in [6.45, 7) is 0. The predicted molar refractivity (Wildman–Crippen MR) is 47.4 cm³/mol. The van der Waals surface area contributed by atoms with Crippen LogP contribution in [0.4, 0.5) is 0 Å². The van der Waals surface area contributed by atoms with E-state index in [4.69, 9.17) is 60.3 Å². The Hall–Kier alpha value is 0.377. The Kier molecular flexibility index (Phi) is 45.2. The van der Waals surface area contributed by atoms with Gasteiger partial charge in [0.05, 0.1) is 0 Å². The van der Waals surface area contributed by atoms with E-state index < -0.39 is 29.3 Å². The van der Waals surface area contributed by atoms with Crippen molar-refractivity contribution in [2.45, 2.75) is 0 Å². The molecule has 0 unspecified atom stereocenters. The summed E-state index contributed by atoms with van der Waals surface area (Å²) < 4.78 is 0. The average Bonchev–Trinajstić information content (AvgIpc) is 1.76. The first-order valence-corrected chi connectivity index (χ1v) is 3.08. The largest absolute Gasteiger partial charge is 1.00 e. The molecule has 0 aromatic rings. The van der Waals surface area contributed by atoms with Crippen LogP contribution in [0.5, 0.6) is 0 Å². The second-order valence-corrected chi connectivity index (χ2v) is 1.37. The van der Waals surface area contributed by atoms with Crippen LogP contribution in [0.15, 0.2) is 0 Å². The molecule has 0 rings (SSSR count). The van der Waals surface area contributed by atoms with Crippen molar-refractivity contribution in [3.05, 3.63) is 0 Å². The predicted octanol–water partition coefficient (Wildman–Crippen LogP) is -11.8. The molecule has 96 valence electrons. The zero-order valence-electron chi connectivity index (χ0n) is 8.64. The Morgan fingerprint density at radius 2 is 0.471 bits per heavy atom. The van der Waals surface area contributed by atoms with Crippen molar-refractivity contribution in [1.29, 1.82) is 0 Å².